The SMILES string of the molecule is CCC(C(=O)NN)N1CCC(OCCO)CC1. The van der Waals surface area contributed by atoms with Crippen LogP contribution in [0, 0.1) is 0 Å². The third-order valence-corrected chi connectivity index (χ3v) is 3.19. The van der Waals surface area contributed by atoms with Gasteiger partial charge in [-0.2, -0.15) is 0 Å². The van der Waals surface area contributed by atoms with Crippen molar-refractivity contribution in [2.45, 2.75) is 38.3 Å². The number of hydrogen-bond acceptors (Lipinski definition) is 5. The fourth-order valence-electron chi connectivity index (χ4n) is 2.28. The quantitative estimate of drug-likeness (QED) is 0.325. The highest BCUT2D eigenvalue weighted by molar-refractivity contribution is 5.81. The Labute approximate surface area is 102 Å². The van der Waals surface area contributed by atoms with Gasteiger partial charge in [0.1, 0.15) is 0 Å². The first-order valence-corrected chi connectivity index (χ1v) is 6.19. The van der Waals surface area contributed by atoms with Gasteiger partial charge in [0, 0.05) is 13.1 Å². The minimum atomic E-state index is -0.140. The molecule has 1 unspecified atom stereocenters. The van der Waals surface area contributed by atoms with E-state index in [1.807, 2.05) is 6.92 Å². The average molecular weight is 245 g/mol. The molecule has 1 saturated heterocycles. The lowest BCUT2D eigenvalue weighted by Crippen LogP contribution is -2.52. The minimum Gasteiger partial charge on any atom is -0.394 e. The highest BCUT2D eigenvalue weighted by atomic mass is 16.5. The number of amides is 1. The Balaban J connectivity index is 2.36. The number of nitrogens with one attached hydrogen (secondary N) is 1. The zero-order valence-electron chi connectivity index (χ0n) is 10.4. The Morgan fingerprint density at radius 1 is 1.59 bits per heavy atom. The van der Waals surface area contributed by atoms with Gasteiger partial charge in [-0.25, -0.2) is 5.84 Å². The fourth-order valence-corrected chi connectivity index (χ4v) is 2.28. The molecule has 1 fully saturated rings. The molecule has 1 heterocycles. The molecule has 0 aromatic carbocycles. The van der Waals surface area contributed by atoms with E-state index in [2.05, 4.69) is 10.3 Å². The van der Waals surface area contributed by atoms with Gasteiger partial charge in [-0.3, -0.25) is 15.1 Å². The molecule has 0 aromatic rings. The summed E-state index contributed by atoms with van der Waals surface area (Å²) in [6.45, 7) is 4.11. The van der Waals surface area contributed by atoms with Crippen LogP contribution in [0.2, 0.25) is 0 Å². The number of likely N-dealkylation sites (tertiary alicyclic amines) is 1. The summed E-state index contributed by atoms with van der Waals surface area (Å²) in [5.74, 6) is 5.05. The molecule has 0 saturated carbocycles. The summed E-state index contributed by atoms with van der Waals surface area (Å²) in [6.07, 6.45) is 2.75. The van der Waals surface area contributed by atoms with Crippen molar-refractivity contribution in [2.75, 3.05) is 26.3 Å². The normalized spacial score (nSPS) is 20.2. The molecule has 1 atom stereocenters. The molecule has 0 bridgehead atoms. The molecule has 6 heteroatoms. The Morgan fingerprint density at radius 2 is 2.24 bits per heavy atom. The monoisotopic (exact) mass is 245 g/mol. The number of aliphatic hydroxyl groups excluding tert-OH is 1. The lowest BCUT2D eigenvalue weighted by molar-refractivity contribution is -0.128. The number of rotatable bonds is 6. The fraction of sp³-hybridized carbons (Fsp3) is 0.909. The van der Waals surface area contributed by atoms with Gasteiger partial charge < -0.3 is 9.84 Å². The van der Waals surface area contributed by atoms with Crippen molar-refractivity contribution < 1.29 is 14.6 Å². The molecule has 1 aliphatic heterocycles. The van der Waals surface area contributed by atoms with E-state index >= 15 is 0 Å². The van der Waals surface area contributed by atoms with Crippen LogP contribution in [0.1, 0.15) is 26.2 Å². The molecule has 1 aliphatic rings. The number of carbonyl (C=O) groups excluding carboxylic acids is 1. The second-order valence-electron chi connectivity index (χ2n) is 4.26. The van der Waals surface area contributed by atoms with Crippen LogP contribution in [-0.4, -0.2) is 54.4 Å². The minimum absolute atomic E-state index is 0.0629. The zero-order valence-corrected chi connectivity index (χ0v) is 10.4. The first-order chi connectivity index (χ1) is 8.22. The molecule has 1 amide bonds. The molecule has 0 aliphatic carbocycles. The Hall–Kier alpha value is -0.690. The lowest BCUT2D eigenvalue weighted by atomic mass is 10.0. The topological polar surface area (TPSA) is 87.8 Å². The van der Waals surface area contributed by atoms with Crippen LogP contribution in [0.25, 0.3) is 0 Å². The average Bonchev–Trinajstić information content (AvgIpc) is 2.38. The maximum absolute atomic E-state index is 11.6. The summed E-state index contributed by atoms with van der Waals surface area (Å²) in [6, 6.07) is -0.140. The standard InChI is InChI=1S/C11H23N3O3/c1-2-10(11(16)13-12)14-5-3-9(4-6-14)17-8-7-15/h9-10,15H,2-8,12H2,1H3,(H,13,16). The van der Waals surface area contributed by atoms with Gasteiger partial charge in [0.05, 0.1) is 25.4 Å². The number of hydrazine groups is 1. The van der Waals surface area contributed by atoms with Gasteiger partial charge >= 0.3 is 0 Å². The van der Waals surface area contributed by atoms with Crippen molar-refractivity contribution in [1.82, 2.24) is 10.3 Å². The van der Waals surface area contributed by atoms with Gasteiger partial charge in [-0.1, -0.05) is 6.92 Å². The molecule has 100 valence electrons. The molecule has 4 N–H and O–H groups in total. The molecule has 0 radical (unpaired) electrons. The van der Waals surface area contributed by atoms with Crippen molar-refractivity contribution >= 4 is 5.91 Å². The summed E-state index contributed by atoms with van der Waals surface area (Å²) in [5, 5.41) is 8.68. The summed E-state index contributed by atoms with van der Waals surface area (Å²) in [4.78, 5) is 13.7. The Bertz CT molecular complexity index is 230. The molecule has 0 aromatic heterocycles. The third-order valence-electron chi connectivity index (χ3n) is 3.19. The van der Waals surface area contributed by atoms with Crippen molar-refractivity contribution in [3.63, 3.8) is 0 Å². The van der Waals surface area contributed by atoms with E-state index in [4.69, 9.17) is 15.7 Å². The van der Waals surface area contributed by atoms with E-state index in [0.717, 1.165) is 32.4 Å². The van der Waals surface area contributed by atoms with Crippen LogP contribution in [-0.2, 0) is 9.53 Å². The molecule has 6 nitrogen and oxygen atoms in total. The number of piperidine rings is 1. The summed E-state index contributed by atoms with van der Waals surface area (Å²) < 4.78 is 5.48. The van der Waals surface area contributed by atoms with E-state index in [-0.39, 0.29) is 24.7 Å². The number of carbonyl (C=O) groups is 1. The Kier molecular flexibility index (Phi) is 6.43. The predicted molar refractivity (Wildman–Crippen MR) is 64.0 cm³/mol. The predicted octanol–water partition coefficient (Wildman–Crippen LogP) is -0.772. The van der Waals surface area contributed by atoms with Crippen molar-refractivity contribution in [3.05, 3.63) is 0 Å². The van der Waals surface area contributed by atoms with E-state index in [0.29, 0.717) is 6.61 Å². The van der Waals surface area contributed by atoms with Gasteiger partial charge in [0.25, 0.3) is 5.91 Å². The van der Waals surface area contributed by atoms with E-state index < -0.39 is 0 Å². The number of nitrogens with zero attached hydrogens (tertiary/aromatic N) is 1. The smallest absolute Gasteiger partial charge is 0.251 e. The van der Waals surface area contributed by atoms with Crippen molar-refractivity contribution in [3.8, 4) is 0 Å². The molecule has 1 rings (SSSR count). The van der Waals surface area contributed by atoms with Gasteiger partial charge in [0.15, 0.2) is 0 Å². The first kappa shape index (κ1) is 14.4. The van der Waals surface area contributed by atoms with Crippen molar-refractivity contribution in [1.29, 1.82) is 0 Å². The molecular weight excluding hydrogens is 222 g/mol. The van der Waals surface area contributed by atoms with Gasteiger partial charge in [-0.05, 0) is 19.3 Å². The largest absolute Gasteiger partial charge is 0.394 e. The lowest BCUT2D eigenvalue weighted by Gasteiger charge is -2.36. The summed E-state index contributed by atoms with van der Waals surface area (Å²) in [5.41, 5.74) is 2.21. The highest BCUT2D eigenvalue weighted by Crippen LogP contribution is 2.17. The number of ether oxygens (including phenoxy) is 1. The maximum Gasteiger partial charge on any atom is 0.251 e. The highest BCUT2D eigenvalue weighted by Gasteiger charge is 2.28. The van der Waals surface area contributed by atoms with Crippen LogP contribution in [0.5, 0.6) is 0 Å². The second kappa shape index (κ2) is 7.60. The first-order valence-electron chi connectivity index (χ1n) is 6.19. The van der Waals surface area contributed by atoms with Crippen LogP contribution < -0.4 is 11.3 Å². The van der Waals surface area contributed by atoms with Crippen LogP contribution in [0.3, 0.4) is 0 Å². The molecule has 0 spiro atoms. The van der Waals surface area contributed by atoms with E-state index in [1.165, 1.54) is 0 Å². The van der Waals surface area contributed by atoms with Crippen LogP contribution in [0.15, 0.2) is 0 Å². The molecular formula is C11H23N3O3. The summed E-state index contributed by atoms with van der Waals surface area (Å²) in [7, 11) is 0. The number of nitrogens with two attached hydrogens (primary N) is 1. The number of hydrogen-bond donors (Lipinski definition) is 3. The van der Waals surface area contributed by atoms with Crippen LogP contribution in [0.4, 0.5) is 0 Å². The third kappa shape index (κ3) is 4.23. The summed E-state index contributed by atoms with van der Waals surface area (Å²) >= 11 is 0. The Morgan fingerprint density at radius 3 is 2.71 bits per heavy atom. The van der Waals surface area contributed by atoms with E-state index in [9.17, 15) is 4.79 Å². The number of aliphatic hydroxyl groups is 1. The second-order valence-corrected chi connectivity index (χ2v) is 4.26. The zero-order chi connectivity index (χ0) is 12.7. The van der Waals surface area contributed by atoms with Gasteiger partial charge in [-0.15, -0.1) is 0 Å². The molecule has 17 heavy (non-hydrogen) atoms. The van der Waals surface area contributed by atoms with Crippen LogP contribution >= 0.6 is 0 Å². The van der Waals surface area contributed by atoms with E-state index in [1.54, 1.807) is 0 Å². The maximum atomic E-state index is 11.6. The van der Waals surface area contributed by atoms with Crippen molar-refractivity contribution in [2.24, 2.45) is 5.84 Å². The van der Waals surface area contributed by atoms with Gasteiger partial charge in [0.2, 0.25) is 0 Å².